The second-order valence-electron chi connectivity index (χ2n) is 5.26. The summed E-state index contributed by atoms with van der Waals surface area (Å²) in [5, 5.41) is 0.354. The fourth-order valence-corrected chi connectivity index (χ4v) is 2.68. The van der Waals surface area contributed by atoms with Gasteiger partial charge in [0, 0.05) is 19.2 Å². The maximum Gasteiger partial charge on any atom is 0.257 e. The lowest BCUT2D eigenvalue weighted by atomic mass is 10.1. The zero-order chi connectivity index (χ0) is 15.6. The van der Waals surface area contributed by atoms with Crippen LogP contribution in [0.15, 0.2) is 12.1 Å². The maximum absolute atomic E-state index is 12.7. The van der Waals surface area contributed by atoms with Crippen molar-refractivity contribution in [2.45, 2.75) is 32.5 Å². The predicted octanol–water partition coefficient (Wildman–Crippen LogP) is 2.57. The molecule has 0 radical (unpaired) electrons. The Morgan fingerprint density at radius 2 is 2.24 bits per heavy atom. The van der Waals surface area contributed by atoms with E-state index in [-0.39, 0.29) is 18.1 Å². The van der Waals surface area contributed by atoms with E-state index in [1.54, 1.807) is 17.0 Å². The van der Waals surface area contributed by atoms with Gasteiger partial charge in [-0.05, 0) is 19.4 Å². The van der Waals surface area contributed by atoms with Crippen LogP contribution in [0.2, 0.25) is 5.02 Å². The molecule has 2 unspecified atom stereocenters. The SMILES string of the molecule is CCC1CN(C(=O)c2cc(Cl)c(N)cc2OC)CC(C)O1. The van der Waals surface area contributed by atoms with Crippen molar-refractivity contribution >= 4 is 23.2 Å². The third-order valence-corrected chi connectivity index (χ3v) is 3.95. The summed E-state index contributed by atoms with van der Waals surface area (Å²) in [4.78, 5) is 14.5. The van der Waals surface area contributed by atoms with Gasteiger partial charge in [-0.1, -0.05) is 18.5 Å². The number of anilines is 1. The number of methoxy groups -OCH3 is 1. The van der Waals surface area contributed by atoms with E-state index in [1.165, 1.54) is 7.11 Å². The number of morpholine rings is 1. The Hall–Kier alpha value is -1.46. The zero-order valence-electron chi connectivity index (χ0n) is 12.6. The number of halogens is 1. The van der Waals surface area contributed by atoms with Crippen molar-refractivity contribution in [1.29, 1.82) is 0 Å². The number of carbonyl (C=O) groups is 1. The molecule has 2 atom stereocenters. The van der Waals surface area contributed by atoms with Crippen LogP contribution in [0.1, 0.15) is 30.6 Å². The summed E-state index contributed by atoms with van der Waals surface area (Å²) < 4.78 is 11.0. The number of carbonyl (C=O) groups excluding carboxylic acids is 1. The van der Waals surface area contributed by atoms with Crippen LogP contribution in [0, 0.1) is 0 Å². The van der Waals surface area contributed by atoms with Crippen molar-refractivity contribution in [1.82, 2.24) is 4.90 Å². The number of rotatable bonds is 3. The Bertz CT molecular complexity index is 536. The molecule has 0 aliphatic carbocycles. The lowest BCUT2D eigenvalue weighted by Gasteiger charge is -2.36. The number of amides is 1. The molecular formula is C15H21ClN2O3. The first-order valence-corrected chi connectivity index (χ1v) is 7.41. The van der Waals surface area contributed by atoms with Gasteiger partial charge in [0.1, 0.15) is 5.75 Å². The number of ether oxygens (including phenoxy) is 2. The summed E-state index contributed by atoms with van der Waals surface area (Å²) >= 11 is 6.03. The van der Waals surface area contributed by atoms with Gasteiger partial charge in [0.2, 0.25) is 0 Å². The van der Waals surface area contributed by atoms with E-state index < -0.39 is 0 Å². The third kappa shape index (κ3) is 3.41. The average molecular weight is 313 g/mol. The molecule has 1 heterocycles. The minimum atomic E-state index is -0.109. The molecule has 1 saturated heterocycles. The van der Waals surface area contributed by atoms with Crippen LogP contribution < -0.4 is 10.5 Å². The summed E-state index contributed by atoms with van der Waals surface area (Å²) in [6.07, 6.45) is 0.948. The molecule has 21 heavy (non-hydrogen) atoms. The van der Waals surface area contributed by atoms with Crippen LogP contribution in [-0.2, 0) is 4.74 Å². The molecular weight excluding hydrogens is 292 g/mol. The molecule has 2 N–H and O–H groups in total. The summed E-state index contributed by atoms with van der Waals surface area (Å²) in [5.41, 5.74) is 6.58. The molecule has 1 aliphatic heterocycles. The van der Waals surface area contributed by atoms with Crippen LogP contribution in [0.25, 0.3) is 0 Å². The second-order valence-corrected chi connectivity index (χ2v) is 5.67. The van der Waals surface area contributed by atoms with E-state index in [0.29, 0.717) is 35.1 Å². The van der Waals surface area contributed by atoms with E-state index in [0.717, 1.165) is 6.42 Å². The second kappa shape index (κ2) is 6.54. The molecule has 0 saturated carbocycles. The molecule has 0 aromatic heterocycles. The van der Waals surface area contributed by atoms with Gasteiger partial charge in [-0.15, -0.1) is 0 Å². The van der Waals surface area contributed by atoms with Crippen molar-refractivity contribution in [2.24, 2.45) is 0 Å². The van der Waals surface area contributed by atoms with Crippen molar-refractivity contribution < 1.29 is 14.3 Å². The quantitative estimate of drug-likeness (QED) is 0.871. The first-order chi connectivity index (χ1) is 9.96. The summed E-state index contributed by atoms with van der Waals surface area (Å²) in [7, 11) is 1.51. The molecule has 5 nitrogen and oxygen atoms in total. The largest absolute Gasteiger partial charge is 0.496 e. The topological polar surface area (TPSA) is 64.8 Å². The monoisotopic (exact) mass is 312 g/mol. The molecule has 1 fully saturated rings. The van der Waals surface area contributed by atoms with E-state index in [1.807, 2.05) is 13.8 Å². The smallest absolute Gasteiger partial charge is 0.257 e. The highest BCUT2D eigenvalue weighted by atomic mass is 35.5. The van der Waals surface area contributed by atoms with Crippen LogP contribution in [0.4, 0.5) is 5.69 Å². The number of nitrogen functional groups attached to an aromatic ring is 1. The molecule has 116 valence electrons. The van der Waals surface area contributed by atoms with Crippen molar-refractivity contribution in [3.63, 3.8) is 0 Å². The molecule has 2 rings (SSSR count). The van der Waals surface area contributed by atoms with Gasteiger partial charge in [0.15, 0.2) is 0 Å². The highest BCUT2D eigenvalue weighted by molar-refractivity contribution is 6.33. The van der Waals surface area contributed by atoms with Crippen LogP contribution in [0.3, 0.4) is 0 Å². The van der Waals surface area contributed by atoms with Gasteiger partial charge < -0.3 is 20.1 Å². The maximum atomic E-state index is 12.7. The van der Waals surface area contributed by atoms with E-state index in [9.17, 15) is 4.79 Å². The van der Waals surface area contributed by atoms with Gasteiger partial charge in [-0.25, -0.2) is 0 Å². The summed E-state index contributed by atoms with van der Waals surface area (Å²) in [5.74, 6) is 0.330. The predicted molar refractivity (Wildman–Crippen MR) is 82.9 cm³/mol. The lowest BCUT2D eigenvalue weighted by Crippen LogP contribution is -2.49. The first-order valence-electron chi connectivity index (χ1n) is 7.04. The van der Waals surface area contributed by atoms with Gasteiger partial charge in [-0.2, -0.15) is 0 Å². The molecule has 1 aliphatic rings. The lowest BCUT2D eigenvalue weighted by molar-refractivity contribution is -0.0681. The fourth-order valence-electron chi connectivity index (χ4n) is 2.51. The molecule has 6 heteroatoms. The standard InChI is InChI=1S/C15H21ClN2O3/c1-4-10-8-18(7-9(2)21-10)15(19)11-5-12(16)13(17)6-14(11)20-3/h5-6,9-10H,4,7-8,17H2,1-3H3. The first kappa shape index (κ1) is 15.9. The van der Waals surface area contributed by atoms with Gasteiger partial charge in [0.25, 0.3) is 5.91 Å². The molecule has 1 aromatic carbocycles. The van der Waals surface area contributed by atoms with Crippen LogP contribution >= 0.6 is 11.6 Å². The van der Waals surface area contributed by atoms with Crippen molar-refractivity contribution in [3.8, 4) is 5.75 Å². The molecule has 1 aromatic rings. The Labute approximate surface area is 130 Å². The number of hydrogen-bond donors (Lipinski definition) is 1. The number of hydrogen-bond acceptors (Lipinski definition) is 4. The Morgan fingerprint density at radius 1 is 1.52 bits per heavy atom. The Kier molecular flexibility index (Phi) is 4.96. The normalized spacial score (nSPS) is 22.2. The Balaban J connectivity index is 2.29. The fraction of sp³-hybridized carbons (Fsp3) is 0.533. The van der Waals surface area contributed by atoms with Crippen LogP contribution in [-0.4, -0.2) is 43.2 Å². The van der Waals surface area contributed by atoms with E-state index in [2.05, 4.69) is 0 Å². The average Bonchev–Trinajstić information content (AvgIpc) is 2.48. The number of nitrogens with zero attached hydrogens (tertiary/aromatic N) is 1. The third-order valence-electron chi connectivity index (χ3n) is 3.62. The van der Waals surface area contributed by atoms with Crippen molar-refractivity contribution in [3.05, 3.63) is 22.7 Å². The zero-order valence-corrected chi connectivity index (χ0v) is 13.3. The molecule has 0 spiro atoms. The highest BCUT2D eigenvalue weighted by Gasteiger charge is 2.29. The minimum absolute atomic E-state index is 0.0166. The number of benzene rings is 1. The highest BCUT2D eigenvalue weighted by Crippen LogP contribution is 2.30. The van der Waals surface area contributed by atoms with Gasteiger partial charge in [0.05, 0.1) is 35.6 Å². The molecule has 0 bridgehead atoms. The molecule has 1 amide bonds. The number of nitrogens with two attached hydrogens (primary N) is 1. The minimum Gasteiger partial charge on any atom is -0.496 e. The van der Waals surface area contributed by atoms with E-state index >= 15 is 0 Å². The summed E-state index contributed by atoms with van der Waals surface area (Å²) in [6, 6.07) is 3.15. The van der Waals surface area contributed by atoms with Gasteiger partial charge in [-0.3, -0.25) is 4.79 Å². The van der Waals surface area contributed by atoms with E-state index in [4.69, 9.17) is 26.8 Å². The van der Waals surface area contributed by atoms with Crippen LogP contribution in [0.5, 0.6) is 5.75 Å². The Morgan fingerprint density at radius 3 is 2.86 bits per heavy atom. The van der Waals surface area contributed by atoms with Crippen molar-refractivity contribution in [2.75, 3.05) is 25.9 Å². The van der Waals surface area contributed by atoms with Gasteiger partial charge >= 0.3 is 0 Å². The summed E-state index contributed by atoms with van der Waals surface area (Å²) in [6.45, 7) is 5.15.